The van der Waals surface area contributed by atoms with E-state index in [0.29, 0.717) is 0 Å². The molecule has 2 aromatic rings. The third kappa shape index (κ3) is 2.64. The maximum atomic E-state index is 8.80. The maximum Gasteiger partial charge on any atom is 0.186 e. The first-order valence-electron chi connectivity index (χ1n) is 6.35. The smallest absolute Gasteiger partial charge is 0.186 e. The molecule has 0 unspecified atom stereocenters. The average Bonchev–Trinajstić information content (AvgIpc) is 3.09. The summed E-state index contributed by atoms with van der Waals surface area (Å²) in [5.74, 6) is 0. The number of piperidine rings is 1. The van der Waals surface area contributed by atoms with Gasteiger partial charge in [-0.2, -0.15) is 0 Å². The van der Waals surface area contributed by atoms with Gasteiger partial charge in [-0.25, -0.2) is 4.98 Å². The number of nitrogens with zero attached hydrogens (tertiary/aromatic N) is 3. The standard InChI is InChI=1S/C13H15N3OS2/c17-14-9-11-12(10-5-4-8-18-10)15-13(19-11)16-6-2-1-3-7-16/h4-5,8-9,17H,1-3,6-7H2/b14-9+. The summed E-state index contributed by atoms with van der Waals surface area (Å²) in [6.07, 6.45) is 5.26. The molecule has 4 nitrogen and oxygen atoms in total. The van der Waals surface area contributed by atoms with Gasteiger partial charge in [0.15, 0.2) is 5.13 Å². The molecule has 0 atom stereocenters. The van der Waals surface area contributed by atoms with Crippen LogP contribution in [0.2, 0.25) is 0 Å². The van der Waals surface area contributed by atoms with E-state index in [4.69, 9.17) is 10.2 Å². The zero-order valence-corrected chi connectivity index (χ0v) is 12.1. The van der Waals surface area contributed by atoms with Crippen LogP contribution in [-0.4, -0.2) is 29.5 Å². The molecular weight excluding hydrogens is 278 g/mol. The lowest BCUT2D eigenvalue weighted by Gasteiger charge is -2.25. The van der Waals surface area contributed by atoms with E-state index < -0.39 is 0 Å². The zero-order valence-electron chi connectivity index (χ0n) is 10.5. The van der Waals surface area contributed by atoms with Crippen LogP contribution < -0.4 is 4.90 Å². The maximum absolute atomic E-state index is 8.80. The van der Waals surface area contributed by atoms with Crippen LogP contribution in [-0.2, 0) is 0 Å². The molecule has 6 heteroatoms. The molecular formula is C13H15N3OS2. The molecule has 19 heavy (non-hydrogen) atoms. The van der Waals surface area contributed by atoms with Gasteiger partial charge in [-0.3, -0.25) is 0 Å². The third-order valence-electron chi connectivity index (χ3n) is 3.20. The van der Waals surface area contributed by atoms with Gasteiger partial charge in [0.1, 0.15) is 5.69 Å². The van der Waals surface area contributed by atoms with Crippen molar-refractivity contribution in [2.45, 2.75) is 19.3 Å². The van der Waals surface area contributed by atoms with Crippen molar-refractivity contribution in [1.29, 1.82) is 0 Å². The number of thiophene rings is 1. The van der Waals surface area contributed by atoms with Gasteiger partial charge in [0, 0.05) is 13.1 Å². The molecule has 3 rings (SSSR count). The van der Waals surface area contributed by atoms with Gasteiger partial charge in [0.2, 0.25) is 0 Å². The van der Waals surface area contributed by atoms with E-state index in [1.165, 1.54) is 25.5 Å². The van der Waals surface area contributed by atoms with E-state index in [1.807, 2.05) is 11.4 Å². The summed E-state index contributed by atoms with van der Waals surface area (Å²) >= 11 is 3.26. The van der Waals surface area contributed by atoms with E-state index in [-0.39, 0.29) is 0 Å². The van der Waals surface area contributed by atoms with Crippen LogP contribution in [0, 0.1) is 0 Å². The Kier molecular flexibility index (Phi) is 3.79. The summed E-state index contributed by atoms with van der Waals surface area (Å²) in [5.41, 5.74) is 0.929. The van der Waals surface area contributed by atoms with Crippen LogP contribution in [0.15, 0.2) is 22.7 Å². The van der Waals surface area contributed by atoms with Crippen LogP contribution in [0.5, 0.6) is 0 Å². The quantitative estimate of drug-likeness (QED) is 0.533. The lowest BCUT2D eigenvalue weighted by Crippen LogP contribution is -2.29. The summed E-state index contributed by atoms with van der Waals surface area (Å²) < 4.78 is 0. The zero-order chi connectivity index (χ0) is 13.1. The number of hydrogen-bond acceptors (Lipinski definition) is 6. The lowest BCUT2D eigenvalue weighted by atomic mass is 10.1. The van der Waals surface area contributed by atoms with Crippen molar-refractivity contribution in [3.8, 4) is 10.6 Å². The Labute approximate surface area is 120 Å². The molecule has 1 saturated heterocycles. The first-order valence-corrected chi connectivity index (χ1v) is 8.05. The van der Waals surface area contributed by atoms with Gasteiger partial charge < -0.3 is 10.1 Å². The minimum atomic E-state index is 0.922. The Morgan fingerprint density at radius 2 is 2.16 bits per heavy atom. The largest absolute Gasteiger partial charge is 0.411 e. The Bertz CT molecular complexity index is 556. The highest BCUT2D eigenvalue weighted by Crippen LogP contribution is 2.35. The number of aromatic nitrogens is 1. The normalized spacial score (nSPS) is 16.3. The topological polar surface area (TPSA) is 48.7 Å². The van der Waals surface area contributed by atoms with Crippen molar-refractivity contribution in [3.63, 3.8) is 0 Å². The van der Waals surface area contributed by atoms with Crippen LogP contribution in [0.1, 0.15) is 24.1 Å². The molecule has 3 heterocycles. The predicted molar refractivity (Wildman–Crippen MR) is 80.9 cm³/mol. The Morgan fingerprint density at radius 3 is 2.84 bits per heavy atom. The van der Waals surface area contributed by atoms with Gasteiger partial charge >= 0.3 is 0 Å². The van der Waals surface area contributed by atoms with Crippen LogP contribution in [0.4, 0.5) is 5.13 Å². The lowest BCUT2D eigenvalue weighted by molar-refractivity contribution is 0.322. The minimum Gasteiger partial charge on any atom is -0.411 e. The molecule has 0 aromatic carbocycles. The van der Waals surface area contributed by atoms with E-state index in [2.05, 4.69) is 16.1 Å². The Morgan fingerprint density at radius 1 is 1.32 bits per heavy atom. The van der Waals surface area contributed by atoms with Crippen LogP contribution in [0.25, 0.3) is 10.6 Å². The summed E-state index contributed by atoms with van der Waals surface area (Å²) in [6.45, 7) is 2.15. The highest BCUT2D eigenvalue weighted by atomic mass is 32.1. The Hall–Kier alpha value is -1.40. The molecule has 0 aliphatic carbocycles. The number of rotatable bonds is 3. The van der Waals surface area contributed by atoms with Crippen LogP contribution >= 0.6 is 22.7 Å². The van der Waals surface area contributed by atoms with Crippen molar-refractivity contribution in [1.82, 2.24) is 4.98 Å². The summed E-state index contributed by atoms with van der Waals surface area (Å²) in [7, 11) is 0. The van der Waals surface area contributed by atoms with Gasteiger partial charge in [-0.1, -0.05) is 22.6 Å². The van der Waals surface area contributed by atoms with E-state index in [9.17, 15) is 0 Å². The molecule has 2 aromatic heterocycles. The van der Waals surface area contributed by atoms with Crippen molar-refractivity contribution >= 4 is 34.0 Å². The highest BCUT2D eigenvalue weighted by Gasteiger charge is 2.18. The fraction of sp³-hybridized carbons (Fsp3) is 0.385. The fourth-order valence-corrected chi connectivity index (χ4v) is 4.06. The van der Waals surface area contributed by atoms with Gasteiger partial charge in [-0.15, -0.1) is 11.3 Å². The molecule has 0 radical (unpaired) electrons. The van der Waals surface area contributed by atoms with Gasteiger partial charge in [0.05, 0.1) is 16.0 Å². The molecule has 1 N–H and O–H groups in total. The first kappa shape index (κ1) is 12.6. The second-order valence-corrected chi connectivity index (χ2v) is 6.44. The van der Waals surface area contributed by atoms with Crippen molar-refractivity contribution in [2.75, 3.05) is 18.0 Å². The SMILES string of the molecule is O/N=C/c1sc(N2CCCCC2)nc1-c1cccs1. The molecule has 0 saturated carbocycles. The first-order chi connectivity index (χ1) is 9.38. The molecule has 100 valence electrons. The molecule has 1 aliphatic rings. The summed E-state index contributed by atoms with van der Waals surface area (Å²) in [4.78, 5) is 9.12. The summed E-state index contributed by atoms with van der Waals surface area (Å²) in [6, 6.07) is 4.06. The molecule has 0 amide bonds. The molecule has 1 fully saturated rings. The number of thiazole rings is 1. The average molecular weight is 293 g/mol. The van der Waals surface area contributed by atoms with E-state index >= 15 is 0 Å². The molecule has 1 aliphatic heterocycles. The number of oxime groups is 1. The molecule has 0 spiro atoms. The summed E-state index contributed by atoms with van der Waals surface area (Å²) in [5, 5.41) is 15.0. The fourth-order valence-electron chi connectivity index (χ4n) is 2.27. The highest BCUT2D eigenvalue weighted by molar-refractivity contribution is 7.18. The van der Waals surface area contributed by atoms with E-state index in [0.717, 1.165) is 33.7 Å². The van der Waals surface area contributed by atoms with E-state index in [1.54, 1.807) is 22.7 Å². The predicted octanol–water partition coefficient (Wildman–Crippen LogP) is 3.67. The van der Waals surface area contributed by atoms with Gasteiger partial charge in [0.25, 0.3) is 0 Å². The number of hydrogen-bond donors (Lipinski definition) is 1. The second-order valence-electron chi connectivity index (χ2n) is 4.48. The third-order valence-corrected chi connectivity index (χ3v) is 5.13. The Balaban J connectivity index is 1.96. The second kappa shape index (κ2) is 5.71. The van der Waals surface area contributed by atoms with Crippen molar-refractivity contribution in [3.05, 3.63) is 22.4 Å². The van der Waals surface area contributed by atoms with Crippen LogP contribution in [0.3, 0.4) is 0 Å². The molecule has 0 bridgehead atoms. The van der Waals surface area contributed by atoms with Crippen molar-refractivity contribution in [2.24, 2.45) is 5.16 Å². The van der Waals surface area contributed by atoms with Gasteiger partial charge in [-0.05, 0) is 30.7 Å². The van der Waals surface area contributed by atoms with Crippen molar-refractivity contribution < 1.29 is 5.21 Å². The monoisotopic (exact) mass is 293 g/mol. The minimum absolute atomic E-state index is 0.922. The number of anilines is 1.